The molecular formula is C11H16N2O3. The molecule has 2 N–H and O–H groups in total. The van der Waals surface area contributed by atoms with Gasteiger partial charge in [0.1, 0.15) is 6.10 Å². The number of nitrogens with zero attached hydrogens (tertiary/aromatic N) is 1. The highest BCUT2D eigenvalue weighted by Gasteiger charge is 2.32. The van der Waals surface area contributed by atoms with Crippen LogP contribution in [0.4, 0.5) is 5.69 Å². The minimum absolute atomic E-state index is 0.0867. The highest BCUT2D eigenvalue weighted by atomic mass is 16.7. The maximum absolute atomic E-state index is 11.6. The average molecular weight is 224 g/mol. The minimum Gasteiger partial charge on any atom is -0.399 e. The van der Waals surface area contributed by atoms with Gasteiger partial charge < -0.3 is 19.8 Å². The van der Waals surface area contributed by atoms with Gasteiger partial charge in [-0.1, -0.05) is 0 Å². The lowest BCUT2D eigenvalue weighted by atomic mass is 10.3. The number of hydrogen-bond acceptors (Lipinski definition) is 4. The fraction of sp³-hybridized carbons (Fsp3) is 0.545. The molecule has 1 fully saturated rings. The topological polar surface area (TPSA) is 66.5 Å². The molecule has 2 rings (SSSR count). The summed E-state index contributed by atoms with van der Waals surface area (Å²) in [6.45, 7) is 4.71. The van der Waals surface area contributed by atoms with Gasteiger partial charge in [-0.05, 0) is 19.9 Å². The van der Waals surface area contributed by atoms with Gasteiger partial charge in [-0.2, -0.15) is 0 Å². The molecule has 0 aliphatic carbocycles. The standard InChI is InChI=1S/C11H16N2O3/c1-11(2)15-7-9(16-11)6-13-4-3-8(12)5-10(13)14/h3-5,9H,6-7,12H2,1-2H3/t9-/m0/s1. The second-order valence-electron chi connectivity index (χ2n) is 4.40. The van der Waals surface area contributed by atoms with Crippen molar-refractivity contribution in [1.82, 2.24) is 4.57 Å². The molecule has 0 radical (unpaired) electrons. The van der Waals surface area contributed by atoms with Gasteiger partial charge in [-0.15, -0.1) is 0 Å². The van der Waals surface area contributed by atoms with Crippen molar-refractivity contribution in [2.75, 3.05) is 12.3 Å². The van der Waals surface area contributed by atoms with Crippen molar-refractivity contribution in [2.45, 2.75) is 32.3 Å². The molecule has 0 saturated carbocycles. The van der Waals surface area contributed by atoms with Crippen molar-refractivity contribution in [3.05, 3.63) is 28.7 Å². The molecule has 5 heteroatoms. The van der Waals surface area contributed by atoms with Crippen LogP contribution in [0.25, 0.3) is 0 Å². The number of nitrogen functional groups attached to an aromatic ring is 1. The van der Waals surface area contributed by atoms with Crippen molar-refractivity contribution in [3.8, 4) is 0 Å². The SMILES string of the molecule is CC1(C)OC[C@H](Cn2ccc(N)cc2=O)O1. The van der Waals surface area contributed by atoms with E-state index in [-0.39, 0.29) is 11.7 Å². The first-order valence-corrected chi connectivity index (χ1v) is 5.24. The zero-order valence-electron chi connectivity index (χ0n) is 9.47. The van der Waals surface area contributed by atoms with Gasteiger partial charge in [0, 0.05) is 18.0 Å². The molecule has 1 aromatic heterocycles. The molecule has 1 aliphatic rings. The maximum atomic E-state index is 11.6. The van der Waals surface area contributed by atoms with E-state index in [1.165, 1.54) is 6.07 Å². The molecule has 1 aromatic rings. The van der Waals surface area contributed by atoms with Gasteiger partial charge in [-0.25, -0.2) is 0 Å². The predicted molar refractivity (Wildman–Crippen MR) is 60.0 cm³/mol. The fourth-order valence-electron chi connectivity index (χ4n) is 1.75. The third-order valence-corrected chi connectivity index (χ3v) is 2.49. The Morgan fingerprint density at radius 3 is 2.94 bits per heavy atom. The van der Waals surface area contributed by atoms with E-state index in [0.717, 1.165) is 0 Å². The lowest BCUT2D eigenvalue weighted by Crippen LogP contribution is -2.29. The summed E-state index contributed by atoms with van der Waals surface area (Å²) in [6, 6.07) is 3.10. The van der Waals surface area contributed by atoms with Crippen molar-refractivity contribution >= 4 is 5.69 Å². The lowest BCUT2D eigenvalue weighted by molar-refractivity contribution is -0.139. The molecule has 0 unspecified atom stereocenters. The van der Waals surface area contributed by atoms with Crippen molar-refractivity contribution in [2.24, 2.45) is 0 Å². The number of rotatable bonds is 2. The Bertz CT molecular complexity index is 439. The zero-order chi connectivity index (χ0) is 11.8. The Kier molecular flexibility index (Phi) is 2.73. The molecule has 16 heavy (non-hydrogen) atoms. The quantitative estimate of drug-likeness (QED) is 0.798. The van der Waals surface area contributed by atoms with E-state index in [4.69, 9.17) is 15.2 Å². The largest absolute Gasteiger partial charge is 0.399 e. The van der Waals surface area contributed by atoms with Crippen LogP contribution in [0.5, 0.6) is 0 Å². The summed E-state index contributed by atoms with van der Waals surface area (Å²) in [4.78, 5) is 11.6. The number of anilines is 1. The van der Waals surface area contributed by atoms with Gasteiger partial charge in [0.15, 0.2) is 5.79 Å². The Morgan fingerprint density at radius 2 is 2.38 bits per heavy atom. The van der Waals surface area contributed by atoms with E-state index in [9.17, 15) is 4.79 Å². The van der Waals surface area contributed by atoms with Crippen LogP contribution in [0.3, 0.4) is 0 Å². The Morgan fingerprint density at radius 1 is 1.62 bits per heavy atom. The van der Waals surface area contributed by atoms with Crippen molar-refractivity contribution in [1.29, 1.82) is 0 Å². The van der Waals surface area contributed by atoms with E-state index in [2.05, 4.69) is 0 Å². The molecule has 5 nitrogen and oxygen atoms in total. The zero-order valence-corrected chi connectivity index (χ0v) is 9.47. The summed E-state index contributed by atoms with van der Waals surface area (Å²) in [5, 5.41) is 0. The third kappa shape index (κ3) is 2.43. The van der Waals surface area contributed by atoms with Crippen LogP contribution < -0.4 is 11.3 Å². The Labute approximate surface area is 93.8 Å². The molecule has 1 atom stereocenters. The molecule has 0 aromatic carbocycles. The highest BCUT2D eigenvalue weighted by Crippen LogP contribution is 2.22. The second kappa shape index (κ2) is 3.92. The van der Waals surface area contributed by atoms with E-state index < -0.39 is 5.79 Å². The van der Waals surface area contributed by atoms with Gasteiger partial charge in [0.05, 0.1) is 13.2 Å². The van der Waals surface area contributed by atoms with E-state index >= 15 is 0 Å². The second-order valence-corrected chi connectivity index (χ2v) is 4.40. The van der Waals surface area contributed by atoms with Crippen LogP contribution in [0.1, 0.15) is 13.8 Å². The normalized spacial score (nSPS) is 23.5. The van der Waals surface area contributed by atoms with Crippen LogP contribution in [0.15, 0.2) is 23.1 Å². The summed E-state index contributed by atoms with van der Waals surface area (Å²) < 4.78 is 12.6. The van der Waals surface area contributed by atoms with Crippen molar-refractivity contribution < 1.29 is 9.47 Å². The molecular weight excluding hydrogens is 208 g/mol. The first-order valence-electron chi connectivity index (χ1n) is 5.24. The van der Waals surface area contributed by atoms with Gasteiger partial charge in [0.25, 0.3) is 5.56 Å². The molecule has 2 heterocycles. The van der Waals surface area contributed by atoms with Gasteiger partial charge in [0.2, 0.25) is 0 Å². The Hall–Kier alpha value is -1.33. The first-order chi connectivity index (χ1) is 7.46. The first kappa shape index (κ1) is 11.2. The van der Waals surface area contributed by atoms with Crippen LogP contribution in [0.2, 0.25) is 0 Å². The average Bonchev–Trinajstić information content (AvgIpc) is 2.51. The summed E-state index contributed by atoms with van der Waals surface area (Å²) in [5.41, 5.74) is 5.87. The molecule has 88 valence electrons. The third-order valence-electron chi connectivity index (χ3n) is 2.49. The number of hydrogen-bond donors (Lipinski definition) is 1. The summed E-state index contributed by atoms with van der Waals surface area (Å²) in [5.74, 6) is -0.553. The van der Waals surface area contributed by atoms with Crippen LogP contribution >= 0.6 is 0 Å². The van der Waals surface area contributed by atoms with Crippen LogP contribution in [-0.4, -0.2) is 23.1 Å². The highest BCUT2D eigenvalue weighted by molar-refractivity contribution is 5.34. The minimum atomic E-state index is -0.553. The molecule has 1 saturated heterocycles. The number of pyridine rings is 1. The van der Waals surface area contributed by atoms with Gasteiger partial charge >= 0.3 is 0 Å². The van der Waals surface area contributed by atoms with E-state index in [1.807, 2.05) is 13.8 Å². The monoisotopic (exact) mass is 224 g/mol. The molecule has 0 spiro atoms. The predicted octanol–water partition coefficient (Wildman–Crippen LogP) is 0.582. The maximum Gasteiger partial charge on any atom is 0.252 e. The Balaban J connectivity index is 2.08. The van der Waals surface area contributed by atoms with Crippen LogP contribution in [0, 0.1) is 0 Å². The molecule has 0 bridgehead atoms. The fourth-order valence-corrected chi connectivity index (χ4v) is 1.75. The number of nitrogens with two attached hydrogens (primary N) is 1. The summed E-state index contributed by atoms with van der Waals surface area (Å²) in [6.07, 6.45) is 1.59. The molecule has 0 amide bonds. The summed E-state index contributed by atoms with van der Waals surface area (Å²) in [7, 11) is 0. The smallest absolute Gasteiger partial charge is 0.252 e. The van der Waals surface area contributed by atoms with E-state index in [0.29, 0.717) is 18.8 Å². The van der Waals surface area contributed by atoms with Gasteiger partial charge in [-0.3, -0.25) is 4.79 Å². The van der Waals surface area contributed by atoms with Crippen molar-refractivity contribution in [3.63, 3.8) is 0 Å². The number of aromatic nitrogens is 1. The summed E-state index contributed by atoms with van der Waals surface area (Å²) >= 11 is 0. The van der Waals surface area contributed by atoms with E-state index in [1.54, 1.807) is 16.8 Å². The lowest BCUT2D eigenvalue weighted by Gasteiger charge is -2.17. The number of ether oxygens (including phenoxy) is 2. The van der Waals surface area contributed by atoms with Crippen LogP contribution in [-0.2, 0) is 16.0 Å². The molecule has 1 aliphatic heterocycles.